The van der Waals surface area contributed by atoms with Gasteiger partial charge in [0.15, 0.2) is 17.5 Å². The zero-order chi connectivity index (χ0) is 12.3. The molecule has 2 aromatic rings. The fraction of sp³-hybridized carbons (Fsp3) is 0.167. The number of hydrogen-bond donors (Lipinski definition) is 1. The third-order valence-corrected chi connectivity index (χ3v) is 3.20. The van der Waals surface area contributed by atoms with Crippen LogP contribution < -0.4 is 5.32 Å². The SMILES string of the molecule is Fc1cc(NCCc2cccs2)cc(F)c1F. The van der Waals surface area contributed by atoms with Gasteiger partial charge in [-0.2, -0.15) is 0 Å². The molecule has 5 heteroatoms. The standard InChI is InChI=1S/C12H10F3NS/c13-10-6-8(7-11(14)12(10)15)16-4-3-9-2-1-5-17-9/h1-2,5-7,16H,3-4H2. The molecule has 0 bridgehead atoms. The molecule has 1 N–H and O–H groups in total. The molecule has 1 heterocycles. The maximum Gasteiger partial charge on any atom is 0.194 e. The van der Waals surface area contributed by atoms with Gasteiger partial charge in [-0.1, -0.05) is 6.07 Å². The molecule has 0 amide bonds. The van der Waals surface area contributed by atoms with Crippen LogP contribution in [0.3, 0.4) is 0 Å². The Kier molecular flexibility index (Phi) is 3.68. The van der Waals surface area contributed by atoms with Crippen LogP contribution in [-0.2, 0) is 6.42 Å². The van der Waals surface area contributed by atoms with Gasteiger partial charge in [0.25, 0.3) is 0 Å². The van der Waals surface area contributed by atoms with Gasteiger partial charge in [0.05, 0.1) is 0 Å². The van der Waals surface area contributed by atoms with E-state index in [1.165, 1.54) is 4.88 Å². The highest BCUT2D eigenvalue weighted by atomic mass is 32.1. The number of anilines is 1. The summed E-state index contributed by atoms with van der Waals surface area (Å²) in [6.45, 7) is 0.547. The normalized spacial score (nSPS) is 10.5. The molecule has 17 heavy (non-hydrogen) atoms. The van der Waals surface area contributed by atoms with Gasteiger partial charge >= 0.3 is 0 Å². The van der Waals surface area contributed by atoms with E-state index in [4.69, 9.17) is 0 Å². The summed E-state index contributed by atoms with van der Waals surface area (Å²) in [5.74, 6) is -3.79. The molecule has 1 nitrogen and oxygen atoms in total. The monoisotopic (exact) mass is 257 g/mol. The van der Waals surface area contributed by atoms with Crippen LogP contribution in [0.25, 0.3) is 0 Å². The highest BCUT2D eigenvalue weighted by molar-refractivity contribution is 7.09. The van der Waals surface area contributed by atoms with Gasteiger partial charge in [-0.05, 0) is 17.9 Å². The van der Waals surface area contributed by atoms with Gasteiger partial charge < -0.3 is 5.32 Å². The van der Waals surface area contributed by atoms with E-state index in [1.807, 2.05) is 17.5 Å². The Balaban J connectivity index is 1.95. The molecular formula is C12H10F3NS. The van der Waals surface area contributed by atoms with Crippen molar-refractivity contribution < 1.29 is 13.2 Å². The van der Waals surface area contributed by atoms with Gasteiger partial charge in [-0.25, -0.2) is 13.2 Å². The summed E-state index contributed by atoms with van der Waals surface area (Å²) in [5.41, 5.74) is 0.248. The summed E-state index contributed by atoms with van der Waals surface area (Å²) in [6.07, 6.45) is 0.762. The average molecular weight is 257 g/mol. The molecule has 0 saturated heterocycles. The molecule has 0 aliphatic carbocycles. The van der Waals surface area contributed by atoms with E-state index in [0.717, 1.165) is 18.6 Å². The van der Waals surface area contributed by atoms with Crippen molar-refractivity contribution in [1.82, 2.24) is 0 Å². The number of rotatable bonds is 4. The Labute approximate surface area is 101 Å². The van der Waals surface area contributed by atoms with Crippen LogP contribution in [-0.4, -0.2) is 6.54 Å². The minimum atomic E-state index is -1.44. The van der Waals surface area contributed by atoms with Gasteiger partial charge in [-0.3, -0.25) is 0 Å². The fourth-order valence-corrected chi connectivity index (χ4v) is 2.15. The first-order valence-electron chi connectivity index (χ1n) is 5.07. The van der Waals surface area contributed by atoms with Crippen molar-refractivity contribution in [3.8, 4) is 0 Å². The number of thiophene rings is 1. The van der Waals surface area contributed by atoms with Gasteiger partial charge in [-0.15, -0.1) is 11.3 Å². The van der Waals surface area contributed by atoms with E-state index in [1.54, 1.807) is 11.3 Å². The third kappa shape index (κ3) is 3.00. The van der Waals surface area contributed by atoms with Crippen molar-refractivity contribution >= 4 is 17.0 Å². The molecule has 0 radical (unpaired) electrons. The van der Waals surface area contributed by atoms with Crippen molar-refractivity contribution in [2.45, 2.75) is 6.42 Å². The summed E-state index contributed by atoms with van der Waals surface area (Å²) in [5, 5.41) is 4.82. The van der Waals surface area contributed by atoms with Crippen LogP contribution in [0.1, 0.15) is 4.88 Å². The molecule has 0 saturated carbocycles. The molecular weight excluding hydrogens is 247 g/mol. The summed E-state index contributed by atoms with van der Waals surface area (Å²) >= 11 is 1.62. The molecule has 0 unspecified atom stereocenters. The van der Waals surface area contributed by atoms with Crippen LogP contribution in [0, 0.1) is 17.5 Å². The van der Waals surface area contributed by atoms with Crippen molar-refractivity contribution in [2.24, 2.45) is 0 Å². The second-order valence-electron chi connectivity index (χ2n) is 3.51. The first-order valence-corrected chi connectivity index (χ1v) is 5.95. The Morgan fingerprint density at radius 1 is 1.12 bits per heavy atom. The number of benzene rings is 1. The highest BCUT2D eigenvalue weighted by Gasteiger charge is 2.09. The second-order valence-corrected chi connectivity index (χ2v) is 4.54. The molecule has 2 rings (SSSR count). The Morgan fingerprint density at radius 2 is 1.82 bits per heavy atom. The van der Waals surface area contributed by atoms with Gasteiger partial charge in [0.2, 0.25) is 0 Å². The predicted molar refractivity (Wildman–Crippen MR) is 62.8 cm³/mol. The summed E-state index contributed by atoms with van der Waals surface area (Å²) in [6, 6.07) is 5.83. The van der Waals surface area contributed by atoms with Crippen LogP contribution in [0.15, 0.2) is 29.6 Å². The minimum Gasteiger partial charge on any atom is -0.385 e. The average Bonchev–Trinajstić information content (AvgIpc) is 2.79. The smallest absolute Gasteiger partial charge is 0.194 e. The molecule has 0 aliphatic rings. The van der Waals surface area contributed by atoms with E-state index < -0.39 is 17.5 Å². The van der Waals surface area contributed by atoms with E-state index in [2.05, 4.69) is 5.32 Å². The van der Waals surface area contributed by atoms with Crippen molar-refractivity contribution in [3.63, 3.8) is 0 Å². The first kappa shape index (κ1) is 12.0. The topological polar surface area (TPSA) is 12.0 Å². The van der Waals surface area contributed by atoms with E-state index in [0.29, 0.717) is 6.54 Å². The maximum atomic E-state index is 12.9. The summed E-state index contributed by atoms with van der Waals surface area (Å²) < 4.78 is 38.5. The quantitative estimate of drug-likeness (QED) is 0.821. The summed E-state index contributed by atoms with van der Waals surface area (Å²) in [4.78, 5) is 1.18. The number of nitrogens with one attached hydrogen (secondary N) is 1. The lowest BCUT2D eigenvalue weighted by Crippen LogP contribution is -2.05. The van der Waals surface area contributed by atoms with Crippen LogP contribution in [0.2, 0.25) is 0 Å². The Bertz CT molecular complexity index is 473. The Hall–Kier alpha value is -1.49. The van der Waals surface area contributed by atoms with E-state index in [9.17, 15) is 13.2 Å². The molecule has 1 aromatic carbocycles. The third-order valence-electron chi connectivity index (χ3n) is 2.26. The van der Waals surface area contributed by atoms with Crippen molar-refractivity contribution in [1.29, 1.82) is 0 Å². The van der Waals surface area contributed by atoms with E-state index in [-0.39, 0.29) is 5.69 Å². The van der Waals surface area contributed by atoms with Gasteiger partial charge in [0.1, 0.15) is 0 Å². The zero-order valence-corrected chi connectivity index (χ0v) is 9.66. The molecule has 0 spiro atoms. The first-order chi connectivity index (χ1) is 8.16. The number of halogens is 3. The molecule has 1 aromatic heterocycles. The molecule has 0 fully saturated rings. The van der Waals surface area contributed by atoms with Gasteiger partial charge in [0, 0.05) is 29.2 Å². The Morgan fingerprint density at radius 3 is 2.41 bits per heavy atom. The van der Waals surface area contributed by atoms with Crippen molar-refractivity contribution in [2.75, 3.05) is 11.9 Å². The lowest BCUT2D eigenvalue weighted by molar-refractivity contribution is 0.447. The van der Waals surface area contributed by atoms with Crippen molar-refractivity contribution in [3.05, 3.63) is 52.0 Å². The lowest BCUT2D eigenvalue weighted by atomic mass is 10.2. The zero-order valence-electron chi connectivity index (χ0n) is 8.84. The molecule has 0 aliphatic heterocycles. The molecule has 0 atom stereocenters. The fourth-order valence-electron chi connectivity index (χ4n) is 1.44. The number of hydrogen-bond acceptors (Lipinski definition) is 2. The second kappa shape index (κ2) is 5.23. The minimum absolute atomic E-state index is 0.248. The predicted octanol–water partition coefficient (Wildman–Crippen LogP) is 3.82. The van der Waals surface area contributed by atoms with E-state index >= 15 is 0 Å². The highest BCUT2D eigenvalue weighted by Crippen LogP contribution is 2.17. The maximum absolute atomic E-state index is 12.9. The largest absolute Gasteiger partial charge is 0.385 e. The van der Waals surface area contributed by atoms with Crippen LogP contribution in [0.4, 0.5) is 18.9 Å². The molecule has 90 valence electrons. The lowest BCUT2D eigenvalue weighted by Gasteiger charge is -2.06. The summed E-state index contributed by atoms with van der Waals surface area (Å²) in [7, 11) is 0. The van der Waals surface area contributed by atoms with Crippen LogP contribution in [0.5, 0.6) is 0 Å². The van der Waals surface area contributed by atoms with Crippen LogP contribution >= 0.6 is 11.3 Å².